The smallest absolute Gasteiger partial charge is 0.416 e. The van der Waals surface area contributed by atoms with Crippen LogP contribution in [0.15, 0.2) is 79.3 Å². The second-order valence-corrected chi connectivity index (χ2v) is 14.7. The lowest BCUT2D eigenvalue weighted by atomic mass is 9.85. The predicted molar refractivity (Wildman–Crippen MR) is 182 cm³/mol. The van der Waals surface area contributed by atoms with Crippen molar-refractivity contribution < 1.29 is 36.6 Å². The molecule has 1 amide bonds. The average molecular weight is 778 g/mol. The molecule has 15 heteroatoms. The van der Waals surface area contributed by atoms with Crippen molar-refractivity contribution in [3.63, 3.8) is 0 Å². The number of furan rings is 1. The fourth-order valence-corrected chi connectivity index (χ4v) is 7.63. The SMILES string of the molecule is CC(C)(C)N(C(=O)O)C(Cn1c(=O)c2c(n(Cc3c(F)cccc3C(F)(F)F)c1=O)COC21CCN(Cc2ccc(Br)o2)CC1)c1ccccc1. The molecule has 1 N–H and O–H groups in total. The van der Waals surface area contributed by atoms with E-state index in [1.54, 1.807) is 57.2 Å². The van der Waals surface area contributed by atoms with Gasteiger partial charge in [-0.2, -0.15) is 13.2 Å². The number of benzene rings is 2. The number of likely N-dealkylation sites (tertiary alicyclic amines) is 1. The highest BCUT2D eigenvalue weighted by molar-refractivity contribution is 9.10. The number of nitrogens with zero attached hydrogens (tertiary/aromatic N) is 4. The first-order chi connectivity index (χ1) is 24.0. The minimum atomic E-state index is -4.93. The zero-order valence-electron chi connectivity index (χ0n) is 28.2. The third-order valence-electron chi connectivity index (χ3n) is 9.67. The van der Waals surface area contributed by atoms with Crippen LogP contribution < -0.4 is 11.2 Å². The fraction of sp³-hybridized carbons (Fsp3) is 0.417. The van der Waals surface area contributed by atoms with Gasteiger partial charge < -0.3 is 14.3 Å². The Bertz CT molecular complexity index is 2050. The molecule has 51 heavy (non-hydrogen) atoms. The van der Waals surface area contributed by atoms with Crippen molar-refractivity contribution in [1.29, 1.82) is 0 Å². The lowest BCUT2D eigenvalue weighted by Gasteiger charge is -2.40. The van der Waals surface area contributed by atoms with E-state index in [1.807, 2.05) is 6.07 Å². The van der Waals surface area contributed by atoms with Crippen LogP contribution in [0, 0.1) is 5.82 Å². The number of amides is 1. The predicted octanol–water partition coefficient (Wildman–Crippen LogP) is 7.11. The number of hydrogen-bond acceptors (Lipinski definition) is 6. The van der Waals surface area contributed by atoms with Crippen molar-refractivity contribution in [2.45, 2.75) is 83.2 Å². The van der Waals surface area contributed by atoms with Crippen molar-refractivity contribution in [3.05, 3.63) is 126 Å². The lowest BCUT2D eigenvalue weighted by molar-refractivity contribution is -0.138. The van der Waals surface area contributed by atoms with Gasteiger partial charge in [0.1, 0.15) is 17.2 Å². The molecule has 0 radical (unpaired) electrons. The largest absolute Gasteiger partial charge is 0.465 e. The van der Waals surface area contributed by atoms with Crippen LogP contribution >= 0.6 is 15.9 Å². The first kappa shape index (κ1) is 36.6. The highest BCUT2D eigenvalue weighted by Crippen LogP contribution is 2.43. The van der Waals surface area contributed by atoms with E-state index in [4.69, 9.17) is 9.15 Å². The summed E-state index contributed by atoms with van der Waals surface area (Å²) in [6.45, 7) is 4.89. The van der Waals surface area contributed by atoms with Gasteiger partial charge in [-0.15, -0.1) is 0 Å². The zero-order chi connectivity index (χ0) is 36.9. The number of carbonyl (C=O) groups is 1. The summed E-state index contributed by atoms with van der Waals surface area (Å²) in [4.78, 5) is 45.1. The quantitative estimate of drug-likeness (QED) is 0.190. The van der Waals surface area contributed by atoms with E-state index in [-0.39, 0.29) is 17.9 Å². The van der Waals surface area contributed by atoms with E-state index in [2.05, 4.69) is 20.8 Å². The van der Waals surface area contributed by atoms with Crippen molar-refractivity contribution in [3.8, 4) is 0 Å². The van der Waals surface area contributed by atoms with E-state index in [1.165, 1.54) is 0 Å². The van der Waals surface area contributed by atoms with Crippen molar-refractivity contribution >= 4 is 22.0 Å². The Morgan fingerprint density at radius 1 is 0.980 bits per heavy atom. The molecular formula is C36H37BrF4N4O6. The van der Waals surface area contributed by atoms with Gasteiger partial charge in [0.25, 0.3) is 5.56 Å². The Balaban J connectivity index is 1.51. The highest BCUT2D eigenvalue weighted by atomic mass is 79.9. The third-order valence-corrected chi connectivity index (χ3v) is 10.1. The number of hydrogen-bond donors (Lipinski definition) is 1. The number of alkyl halides is 3. The summed E-state index contributed by atoms with van der Waals surface area (Å²) in [7, 11) is 0. The zero-order valence-corrected chi connectivity index (χ0v) is 29.8. The summed E-state index contributed by atoms with van der Waals surface area (Å²) in [5.41, 5.74) is -5.26. The topological polar surface area (TPSA) is 110 Å². The Labute approximate surface area is 299 Å². The number of aromatic nitrogens is 2. The highest BCUT2D eigenvalue weighted by Gasteiger charge is 2.48. The van der Waals surface area contributed by atoms with Crippen LogP contribution in [-0.2, 0) is 42.8 Å². The van der Waals surface area contributed by atoms with Crippen LogP contribution in [0.1, 0.15) is 73.4 Å². The molecule has 0 bridgehead atoms. The third kappa shape index (κ3) is 7.15. The van der Waals surface area contributed by atoms with Crippen molar-refractivity contribution in [2.24, 2.45) is 0 Å². The monoisotopic (exact) mass is 776 g/mol. The van der Waals surface area contributed by atoms with E-state index < -0.39 is 70.7 Å². The summed E-state index contributed by atoms with van der Waals surface area (Å²) in [5.74, 6) is -0.442. The van der Waals surface area contributed by atoms with Gasteiger partial charge in [-0.25, -0.2) is 14.0 Å². The molecule has 0 saturated carbocycles. The van der Waals surface area contributed by atoms with E-state index >= 15 is 4.39 Å². The Kier molecular flexibility index (Phi) is 9.85. The van der Waals surface area contributed by atoms with Gasteiger partial charge in [-0.3, -0.25) is 23.7 Å². The molecule has 1 unspecified atom stereocenters. The Hall–Kier alpha value is -4.21. The van der Waals surface area contributed by atoms with Crippen molar-refractivity contribution in [1.82, 2.24) is 18.9 Å². The fourth-order valence-electron chi connectivity index (χ4n) is 7.29. The molecule has 2 aliphatic heterocycles. The van der Waals surface area contributed by atoms with Gasteiger partial charge in [0, 0.05) is 24.2 Å². The molecule has 10 nitrogen and oxygen atoms in total. The number of fused-ring (bicyclic) bond motifs is 2. The average Bonchev–Trinajstić information content (AvgIpc) is 3.64. The van der Waals surface area contributed by atoms with Gasteiger partial charge in [-0.1, -0.05) is 36.4 Å². The number of ether oxygens (including phenoxy) is 1. The maximum atomic E-state index is 15.3. The van der Waals surface area contributed by atoms with Crippen LogP contribution in [0.4, 0.5) is 22.4 Å². The number of piperidine rings is 1. The second kappa shape index (κ2) is 13.7. The van der Waals surface area contributed by atoms with Gasteiger partial charge in [0.05, 0.1) is 49.1 Å². The minimum Gasteiger partial charge on any atom is -0.465 e. The van der Waals surface area contributed by atoms with E-state index in [9.17, 15) is 32.7 Å². The Morgan fingerprint density at radius 2 is 1.67 bits per heavy atom. The van der Waals surface area contributed by atoms with Crippen LogP contribution in [0.25, 0.3) is 0 Å². The molecule has 0 aliphatic carbocycles. The summed E-state index contributed by atoms with van der Waals surface area (Å²) in [5, 5.41) is 10.4. The van der Waals surface area contributed by atoms with Gasteiger partial charge in [-0.05, 0) is 79.4 Å². The first-order valence-electron chi connectivity index (χ1n) is 16.4. The second-order valence-electron chi connectivity index (χ2n) is 13.9. The van der Waals surface area contributed by atoms with E-state index in [0.717, 1.165) is 38.0 Å². The summed E-state index contributed by atoms with van der Waals surface area (Å²) < 4.78 is 72.1. The maximum absolute atomic E-state index is 15.3. The van der Waals surface area contributed by atoms with Crippen LogP contribution in [0.5, 0.6) is 0 Å². The molecule has 2 aliphatic rings. The first-order valence-corrected chi connectivity index (χ1v) is 17.2. The summed E-state index contributed by atoms with van der Waals surface area (Å²) in [6.07, 6.45) is -5.61. The molecule has 6 rings (SSSR count). The normalized spacial score (nSPS) is 16.7. The van der Waals surface area contributed by atoms with Crippen molar-refractivity contribution in [2.75, 3.05) is 13.1 Å². The van der Waals surface area contributed by atoms with Crippen LogP contribution in [0.2, 0.25) is 0 Å². The minimum absolute atomic E-state index is 0.0724. The van der Waals surface area contributed by atoms with Gasteiger partial charge in [0.2, 0.25) is 0 Å². The van der Waals surface area contributed by atoms with Gasteiger partial charge >= 0.3 is 18.0 Å². The van der Waals surface area contributed by atoms with Gasteiger partial charge in [0.15, 0.2) is 4.67 Å². The molecule has 1 saturated heterocycles. The maximum Gasteiger partial charge on any atom is 0.416 e. The number of halogens is 5. The molecular weight excluding hydrogens is 740 g/mol. The molecule has 272 valence electrons. The molecule has 2 aromatic heterocycles. The molecule has 2 aromatic carbocycles. The Morgan fingerprint density at radius 3 is 2.25 bits per heavy atom. The molecule has 1 atom stereocenters. The van der Waals surface area contributed by atoms with Crippen LogP contribution in [-0.4, -0.2) is 48.8 Å². The summed E-state index contributed by atoms with van der Waals surface area (Å²) in [6, 6.07) is 13.6. The standard InChI is InChI=1S/C36H37BrF4N4O6/c1-34(2,3)45(33(48)49)27(22-8-5-4-6-9-22)20-44-31(46)30-28(43(32(44)47)19-24-25(36(39,40)41)10-7-11-26(24)38)21-50-35(30)14-16-42(17-15-35)18-23-12-13-29(37)51-23/h4-13,27H,14-21H2,1-3H3,(H,48,49). The van der Waals surface area contributed by atoms with Crippen LogP contribution in [0.3, 0.4) is 0 Å². The van der Waals surface area contributed by atoms with E-state index in [0.29, 0.717) is 42.7 Å². The molecule has 4 heterocycles. The number of rotatable bonds is 8. The molecule has 4 aromatic rings. The molecule has 1 spiro atoms. The summed E-state index contributed by atoms with van der Waals surface area (Å²) >= 11 is 3.30. The molecule has 1 fully saturated rings. The number of carboxylic acid groups (broad SMARTS) is 1. The lowest BCUT2D eigenvalue weighted by Crippen LogP contribution is -2.53.